The van der Waals surface area contributed by atoms with Gasteiger partial charge in [-0.15, -0.1) is 0 Å². The minimum Gasteiger partial charge on any atom is -0.309 e. The molecule has 0 saturated carbocycles. The van der Waals surface area contributed by atoms with E-state index in [1.54, 1.807) is 13.8 Å². The highest BCUT2D eigenvalue weighted by Gasteiger charge is 2.29. The molecule has 1 aliphatic rings. The Balaban J connectivity index is 2.48. The predicted octanol–water partition coefficient (Wildman–Crippen LogP) is 0.884. The number of nitrogens with zero attached hydrogens (tertiary/aromatic N) is 1. The van der Waals surface area contributed by atoms with Crippen LogP contribution in [0.2, 0.25) is 0 Å². The van der Waals surface area contributed by atoms with Crippen LogP contribution in [0.5, 0.6) is 0 Å². The zero-order valence-corrected chi connectivity index (χ0v) is 12.3. The molecule has 0 aromatic carbocycles. The minimum atomic E-state index is -2.90. The van der Waals surface area contributed by atoms with Gasteiger partial charge in [-0.2, -0.15) is 0 Å². The zero-order valence-electron chi connectivity index (χ0n) is 11.5. The molecule has 0 bridgehead atoms. The maximum atomic E-state index is 11.8. The Labute approximate surface area is 106 Å². The van der Waals surface area contributed by atoms with Crippen LogP contribution in [0.3, 0.4) is 0 Å². The molecule has 4 nitrogen and oxygen atoms in total. The summed E-state index contributed by atoms with van der Waals surface area (Å²) >= 11 is 0. The minimum absolute atomic E-state index is 0.139. The van der Waals surface area contributed by atoms with E-state index >= 15 is 0 Å². The van der Waals surface area contributed by atoms with E-state index in [0.717, 1.165) is 26.1 Å². The van der Waals surface area contributed by atoms with E-state index in [1.807, 2.05) is 0 Å². The largest absolute Gasteiger partial charge is 0.309 e. The third-order valence-corrected chi connectivity index (χ3v) is 5.93. The fraction of sp³-hybridized carbons (Fsp3) is 1.00. The maximum absolute atomic E-state index is 11.8. The number of hydrogen-bond acceptors (Lipinski definition) is 4. The van der Waals surface area contributed by atoms with E-state index in [4.69, 9.17) is 0 Å². The summed E-state index contributed by atoms with van der Waals surface area (Å²) in [6, 6.07) is 0. The lowest BCUT2D eigenvalue weighted by atomic mass is 9.96. The summed E-state index contributed by atoms with van der Waals surface area (Å²) in [6.45, 7) is 11.4. The zero-order chi connectivity index (χ0) is 13.1. The molecule has 5 heteroatoms. The Morgan fingerprint density at radius 1 is 1.41 bits per heavy atom. The van der Waals surface area contributed by atoms with Crippen molar-refractivity contribution in [3.8, 4) is 0 Å². The molecule has 1 aliphatic heterocycles. The number of rotatable bonds is 5. The first-order chi connectivity index (χ1) is 7.79. The van der Waals surface area contributed by atoms with Crippen molar-refractivity contribution < 1.29 is 8.42 Å². The Hall–Kier alpha value is -0.130. The van der Waals surface area contributed by atoms with E-state index in [-0.39, 0.29) is 16.5 Å². The van der Waals surface area contributed by atoms with Crippen LogP contribution in [-0.2, 0) is 9.84 Å². The first kappa shape index (κ1) is 14.9. The second kappa shape index (κ2) is 5.67. The lowest BCUT2D eigenvalue weighted by Gasteiger charge is -2.41. The monoisotopic (exact) mass is 262 g/mol. The summed E-state index contributed by atoms with van der Waals surface area (Å²) in [5.41, 5.74) is 0.139. The van der Waals surface area contributed by atoms with Crippen LogP contribution < -0.4 is 5.32 Å². The van der Waals surface area contributed by atoms with Gasteiger partial charge in [0.25, 0.3) is 0 Å². The molecule has 1 saturated heterocycles. The van der Waals surface area contributed by atoms with Gasteiger partial charge in [-0.3, -0.25) is 4.90 Å². The molecule has 0 spiro atoms. The second-order valence-corrected chi connectivity index (χ2v) is 8.21. The average Bonchev–Trinajstić information content (AvgIpc) is 2.27. The molecule has 0 amide bonds. The van der Waals surface area contributed by atoms with E-state index in [0.29, 0.717) is 6.54 Å². The number of sulfone groups is 1. The highest BCUT2D eigenvalue weighted by Crippen LogP contribution is 2.15. The number of hydrogen-bond donors (Lipinski definition) is 1. The molecule has 0 aromatic heterocycles. The Kier molecular flexibility index (Phi) is 4.98. The molecular weight excluding hydrogens is 236 g/mol. The molecule has 102 valence electrons. The van der Waals surface area contributed by atoms with Crippen molar-refractivity contribution in [1.82, 2.24) is 10.2 Å². The van der Waals surface area contributed by atoms with Crippen LogP contribution in [-0.4, -0.2) is 56.0 Å². The topological polar surface area (TPSA) is 49.4 Å². The standard InChI is InChI=1S/C12H26N2O2S/c1-5-12(4)10-14(7-6-13-12)8-9-17(15,16)11(2)3/h11,13H,5-10H2,1-4H3. The quantitative estimate of drug-likeness (QED) is 0.799. The van der Waals surface area contributed by atoms with Crippen LogP contribution in [0.1, 0.15) is 34.1 Å². The highest BCUT2D eigenvalue weighted by atomic mass is 32.2. The van der Waals surface area contributed by atoms with Gasteiger partial charge in [-0.05, 0) is 27.2 Å². The van der Waals surface area contributed by atoms with E-state index in [9.17, 15) is 8.42 Å². The van der Waals surface area contributed by atoms with Crippen LogP contribution in [0.25, 0.3) is 0 Å². The van der Waals surface area contributed by atoms with Gasteiger partial charge < -0.3 is 5.32 Å². The Morgan fingerprint density at radius 3 is 2.59 bits per heavy atom. The lowest BCUT2D eigenvalue weighted by Crippen LogP contribution is -2.59. The molecule has 17 heavy (non-hydrogen) atoms. The van der Waals surface area contributed by atoms with E-state index in [1.165, 1.54) is 0 Å². The predicted molar refractivity (Wildman–Crippen MR) is 72.1 cm³/mol. The summed E-state index contributed by atoms with van der Waals surface area (Å²) in [5, 5.41) is 3.24. The first-order valence-electron chi connectivity index (χ1n) is 6.48. The van der Waals surface area contributed by atoms with Gasteiger partial charge in [0.05, 0.1) is 11.0 Å². The van der Waals surface area contributed by atoms with Gasteiger partial charge in [-0.25, -0.2) is 8.42 Å². The fourth-order valence-corrected chi connectivity index (χ4v) is 3.05. The molecule has 1 atom stereocenters. The number of nitrogens with one attached hydrogen (secondary N) is 1. The Bertz CT molecular complexity index is 340. The van der Waals surface area contributed by atoms with Crippen LogP contribution in [0.15, 0.2) is 0 Å². The molecule has 0 aromatic rings. The summed E-state index contributed by atoms with van der Waals surface area (Å²) < 4.78 is 23.5. The highest BCUT2D eigenvalue weighted by molar-refractivity contribution is 7.92. The van der Waals surface area contributed by atoms with Crippen molar-refractivity contribution in [2.75, 3.05) is 31.9 Å². The Morgan fingerprint density at radius 2 is 2.06 bits per heavy atom. The normalized spacial score (nSPS) is 27.6. The summed E-state index contributed by atoms with van der Waals surface area (Å²) in [6.07, 6.45) is 1.07. The van der Waals surface area contributed by atoms with Gasteiger partial charge >= 0.3 is 0 Å². The summed E-state index contributed by atoms with van der Waals surface area (Å²) in [7, 11) is -2.90. The van der Waals surface area contributed by atoms with Gasteiger partial charge in [0, 0.05) is 31.7 Å². The van der Waals surface area contributed by atoms with Gasteiger partial charge in [-0.1, -0.05) is 6.92 Å². The summed E-state index contributed by atoms with van der Waals surface area (Å²) in [5.74, 6) is 0.282. The van der Waals surface area contributed by atoms with Gasteiger partial charge in [0.2, 0.25) is 0 Å². The van der Waals surface area contributed by atoms with Crippen LogP contribution >= 0.6 is 0 Å². The van der Waals surface area contributed by atoms with Gasteiger partial charge in [0.15, 0.2) is 9.84 Å². The van der Waals surface area contributed by atoms with Crippen molar-refractivity contribution in [3.05, 3.63) is 0 Å². The first-order valence-corrected chi connectivity index (χ1v) is 8.19. The lowest BCUT2D eigenvalue weighted by molar-refractivity contribution is 0.146. The van der Waals surface area contributed by atoms with Crippen molar-refractivity contribution in [2.45, 2.75) is 44.9 Å². The van der Waals surface area contributed by atoms with Crippen LogP contribution in [0, 0.1) is 0 Å². The SMILES string of the molecule is CCC1(C)CN(CCS(=O)(=O)C(C)C)CCN1. The van der Waals surface area contributed by atoms with Crippen LogP contribution in [0.4, 0.5) is 0 Å². The second-order valence-electron chi connectivity index (χ2n) is 5.53. The molecule has 0 radical (unpaired) electrons. The smallest absolute Gasteiger partial charge is 0.153 e. The van der Waals surface area contributed by atoms with Crippen molar-refractivity contribution in [3.63, 3.8) is 0 Å². The fourth-order valence-electron chi connectivity index (χ4n) is 2.06. The average molecular weight is 262 g/mol. The molecule has 1 rings (SSSR count). The molecule has 1 fully saturated rings. The molecule has 0 aliphatic carbocycles. The molecule has 1 heterocycles. The van der Waals surface area contributed by atoms with E-state index in [2.05, 4.69) is 24.1 Å². The molecule has 1 unspecified atom stereocenters. The molecular formula is C12H26N2O2S. The molecule has 1 N–H and O–H groups in total. The van der Waals surface area contributed by atoms with Crippen molar-refractivity contribution in [1.29, 1.82) is 0 Å². The number of piperazine rings is 1. The third kappa shape index (κ3) is 4.23. The van der Waals surface area contributed by atoms with E-state index < -0.39 is 9.84 Å². The maximum Gasteiger partial charge on any atom is 0.153 e. The van der Waals surface area contributed by atoms with Gasteiger partial charge in [0.1, 0.15) is 0 Å². The van der Waals surface area contributed by atoms with Crippen molar-refractivity contribution >= 4 is 9.84 Å². The summed E-state index contributed by atoms with van der Waals surface area (Å²) in [4.78, 5) is 2.26. The third-order valence-electron chi connectivity index (χ3n) is 3.74. The van der Waals surface area contributed by atoms with Crippen molar-refractivity contribution in [2.24, 2.45) is 0 Å².